The molecule has 1 aliphatic carbocycles. The zero-order valence-electron chi connectivity index (χ0n) is 13.5. The number of anilines is 1. The lowest BCUT2D eigenvalue weighted by Gasteiger charge is -2.32. The summed E-state index contributed by atoms with van der Waals surface area (Å²) in [6.45, 7) is 1.87. The summed E-state index contributed by atoms with van der Waals surface area (Å²) in [4.78, 5) is 19.0. The Morgan fingerprint density at radius 2 is 2.17 bits per heavy atom. The second-order valence-corrected chi connectivity index (χ2v) is 7.32. The van der Waals surface area contributed by atoms with Crippen LogP contribution in [0, 0.1) is 0 Å². The Morgan fingerprint density at radius 1 is 1.29 bits per heavy atom. The number of carbonyl (C=O) groups is 1. The third-order valence-corrected chi connectivity index (χ3v) is 5.70. The van der Waals surface area contributed by atoms with Crippen LogP contribution in [-0.2, 0) is 6.42 Å². The van der Waals surface area contributed by atoms with Gasteiger partial charge in [-0.1, -0.05) is 0 Å². The lowest BCUT2D eigenvalue weighted by atomic mass is 9.94. The number of fused-ring (bicyclic) bond motifs is 1. The van der Waals surface area contributed by atoms with Gasteiger partial charge >= 0.3 is 6.03 Å². The van der Waals surface area contributed by atoms with E-state index in [1.54, 1.807) is 11.3 Å². The number of nitrogens with one attached hydrogen (secondary N) is 3. The molecular weight excluding hydrogens is 324 g/mol. The number of urea groups is 1. The molecule has 0 aromatic carbocycles. The highest BCUT2D eigenvalue weighted by Crippen LogP contribution is 2.27. The summed E-state index contributed by atoms with van der Waals surface area (Å²) in [6.07, 6.45) is 8.71. The third kappa shape index (κ3) is 3.24. The fraction of sp³-hybridized carbons (Fsp3) is 0.562. The topological polar surface area (TPSA) is 85.9 Å². The average molecular weight is 346 g/mol. The summed E-state index contributed by atoms with van der Waals surface area (Å²) in [5, 5.41) is 16.4. The van der Waals surface area contributed by atoms with E-state index in [-0.39, 0.29) is 18.1 Å². The summed E-state index contributed by atoms with van der Waals surface area (Å²) in [5.41, 5.74) is 2.29. The van der Waals surface area contributed by atoms with Crippen molar-refractivity contribution >= 4 is 22.5 Å². The fourth-order valence-corrected chi connectivity index (χ4v) is 4.28. The molecule has 128 valence electrons. The number of hydrogen-bond donors (Lipinski definition) is 3. The van der Waals surface area contributed by atoms with Gasteiger partial charge in [0.25, 0.3) is 0 Å². The van der Waals surface area contributed by atoms with Crippen molar-refractivity contribution in [3.05, 3.63) is 29.0 Å². The molecule has 7 nitrogen and oxygen atoms in total. The van der Waals surface area contributed by atoms with E-state index in [1.807, 2.05) is 17.8 Å². The van der Waals surface area contributed by atoms with Gasteiger partial charge in [0.2, 0.25) is 0 Å². The number of nitrogens with zero attached hydrogens (tertiary/aromatic N) is 3. The molecule has 2 aromatic rings. The Balaban J connectivity index is 1.27. The maximum Gasteiger partial charge on any atom is 0.315 e. The Hall–Kier alpha value is -2.09. The maximum atomic E-state index is 12.3. The van der Waals surface area contributed by atoms with Crippen molar-refractivity contribution in [3.63, 3.8) is 0 Å². The quantitative estimate of drug-likeness (QED) is 0.795. The van der Waals surface area contributed by atoms with Gasteiger partial charge < -0.3 is 15.5 Å². The van der Waals surface area contributed by atoms with Crippen LogP contribution in [0.25, 0.3) is 0 Å². The predicted octanol–water partition coefficient (Wildman–Crippen LogP) is 2.21. The van der Waals surface area contributed by atoms with Crippen LogP contribution in [0.4, 0.5) is 9.93 Å². The van der Waals surface area contributed by atoms with Crippen LogP contribution in [-0.4, -0.2) is 40.3 Å². The largest absolute Gasteiger partial charge is 0.348 e. The Labute approximate surface area is 144 Å². The van der Waals surface area contributed by atoms with Crippen LogP contribution < -0.4 is 15.5 Å². The van der Waals surface area contributed by atoms with Crippen molar-refractivity contribution in [3.8, 4) is 0 Å². The van der Waals surface area contributed by atoms with E-state index in [0.717, 1.165) is 56.0 Å². The zero-order valence-corrected chi connectivity index (χ0v) is 14.3. The summed E-state index contributed by atoms with van der Waals surface area (Å²) in [6, 6.07) is 0.202. The number of piperidine rings is 1. The molecule has 0 radical (unpaired) electrons. The zero-order chi connectivity index (χ0) is 16.4. The van der Waals surface area contributed by atoms with Gasteiger partial charge in [0.15, 0.2) is 5.13 Å². The minimum absolute atomic E-state index is 0.0478. The molecule has 0 spiro atoms. The van der Waals surface area contributed by atoms with Crippen LogP contribution >= 0.6 is 11.3 Å². The van der Waals surface area contributed by atoms with E-state index in [1.165, 1.54) is 5.56 Å². The van der Waals surface area contributed by atoms with Crippen molar-refractivity contribution in [2.75, 3.05) is 18.0 Å². The second-order valence-electron chi connectivity index (χ2n) is 6.45. The Bertz CT molecular complexity index is 677. The monoisotopic (exact) mass is 346 g/mol. The predicted molar refractivity (Wildman–Crippen MR) is 93.3 cm³/mol. The number of aryl methyl sites for hydroxylation is 1. The highest BCUT2D eigenvalue weighted by molar-refractivity contribution is 7.13. The van der Waals surface area contributed by atoms with Gasteiger partial charge in [0.05, 0.1) is 17.9 Å². The van der Waals surface area contributed by atoms with Gasteiger partial charge in [0.1, 0.15) is 0 Å². The summed E-state index contributed by atoms with van der Waals surface area (Å²) >= 11 is 1.67. The SMILES string of the molecule is O=C(NC1CCN(c2nccs2)CC1)N[C@@H]1CCCc2cn[nH]c21. The van der Waals surface area contributed by atoms with Gasteiger partial charge in [-0.2, -0.15) is 5.10 Å². The molecule has 1 fully saturated rings. The number of aromatic amines is 1. The number of carbonyl (C=O) groups excluding carboxylic acids is 1. The third-order valence-electron chi connectivity index (χ3n) is 4.86. The first-order valence-corrected chi connectivity index (χ1v) is 9.41. The molecule has 1 atom stereocenters. The molecule has 0 bridgehead atoms. The smallest absolute Gasteiger partial charge is 0.315 e. The van der Waals surface area contributed by atoms with Crippen molar-refractivity contribution in [2.45, 2.75) is 44.2 Å². The average Bonchev–Trinajstić information content (AvgIpc) is 3.27. The van der Waals surface area contributed by atoms with Crippen LogP contribution in [0.5, 0.6) is 0 Å². The van der Waals surface area contributed by atoms with Crippen LogP contribution in [0.15, 0.2) is 17.8 Å². The van der Waals surface area contributed by atoms with Crippen LogP contribution in [0.3, 0.4) is 0 Å². The molecule has 1 saturated heterocycles. The molecule has 4 rings (SSSR count). The molecule has 0 saturated carbocycles. The van der Waals surface area contributed by atoms with E-state index < -0.39 is 0 Å². The van der Waals surface area contributed by atoms with Gasteiger partial charge in [-0.25, -0.2) is 9.78 Å². The van der Waals surface area contributed by atoms with Crippen LogP contribution in [0.1, 0.15) is 43.0 Å². The lowest BCUT2D eigenvalue weighted by Crippen LogP contribution is -2.48. The molecule has 1 aliphatic heterocycles. The molecule has 3 heterocycles. The Kier molecular flexibility index (Phi) is 4.38. The number of thiazole rings is 1. The summed E-state index contributed by atoms with van der Waals surface area (Å²) < 4.78 is 0. The van der Waals surface area contributed by atoms with Crippen molar-refractivity contribution < 1.29 is 4.79 Å². The summed E-state index contributed by atoms with van der Waals surface area (Å²) in [5.74, 6) is 0. The number of rotatable bonds is 3. The molecule has 0 unspecified atom stereocenters. The van der Waals surface area contributed by atoms with Crippen molar-refractivity contribution in [1.82, 2.24) is 25.8 Å². The molecule has 2 amide bonds. The molecule has 24 heavy (non-hydrogen) atoms. The number of hydrogen-bond acceptors (Lipinski definition) is 5. The van der Waals surface area contributed by atoms with Gasteiger partial charge in [0, 0.05) is 30.7 Å². The van der Waals surface area contributed by atoms with Crippen LogP contribution in [0.2, 0.25) is 0 Å². The van der Waals surface area contributed by atoms with E-state index in [2.05, 4.69) is 30.7 Å². The first-order valence-electron chi connectivity index (χ1n) is 8.53. The first-order chi connectivity index (χ1) is 11.8. The molecule has 3 N–H and O–H groups in total. The van der Waals surface area contributed by atoms with Gasteiger partial charge in [-0.3, -0.25) is 5.10 Å². The number of H-pyrrole nitrogens is 1. The number of amides is 2. The minimum Gasteiger partial charge on any atom is -0.348 e. The highest BCUT2D eigenvalue weighted by atomic mass is 32.1. The molecular formula is C16H22N6OS. The summed E-state index contributed by atoms with van der Waals surface area (Å²) in [7, 11) is 0. The van der Waals surface area contributed by atoms with E-state index in [9.17, 15) is 4.79 Å². The normalized spacial score (nSPS) is 21.3. The highest BCUT2D eigenvalue weighted by Gasteiger charge is 2.26. The van der Waals surface area contributed by atoms with E-state index >= 15 is 0 Å². The van der Waals surface area contributed by atoms with Crippen molar-refractivity contribution in [1.29, 1.82) is 0 Å². The van der Waals surface area contributed by atoms with Gasteiger partial charge in [-0.15, -0.1) is 11.3 Å². The molecule has 2 aromatic heterocycles. The fourth-order valence-electron chi connectivity index (χ4n) is 3.58. The Morgan fingerprint density at radius 3 is 2.96 bits per heavy atom. The molecule has 2 aliphatic rings. The maximum absolute atomic E-state index is 12.3. The molecule has 8 heteroatoms. The first kappa shape index (κ1) is 15.4. The standard InChI is InChI=1S/C16H22N6OS/c23-15(20-13-3-1-2-11-10-18-21-14(11)13)19-12-4-7-22(8-5-12)16-17-6-9-24-16/h6,9-10,12-13H,1-5,7-8H2,(H,18,21)(H2,19,20,23)/t13-/m1/s1. The van der Waals surface area contributed by atoms with E-state index in [4.69, 9.17) is 0 Å². The van der Waals surface area contributed by atoms with Crippen molar-refractivity contribution in [2.24, 2.45) is 0 Å². The minimum atomic E-state index is -0.0739. The van der Waals surface area contributed by atoms with E-state index in [0.29, 0.717) is 0 Å². The lowest BCUT2D eigenvalue weighted by molar-refractivity contribution is 0.228. The van der Waals surface area contributed by atoms with Gasteiger partial charge in [-0.05, 0) is 37.7 Å². The number of aromatic nitrogens is 3. The second kappa shape index (κ2) is 6.80.